The van der Waals surface area contributed by atoms with Crippen molar-refractivity contribution in [2.24, 2.45) is 0 Å². The van der Waals surface area contributed by atoms with Crippen LogP contribution in [0.5, 0.6) is 5.75 Å². The lowest BCUT2D eigenvalue weighted by molar-refractivity contribution is 0.195. The summed E-state index contributed by atoms with van der Waals surface area (Å²) < 4.78 is 5.22. The Balaban J connectivity index is 1.46. The number of likely N-dealkylation sites (tertiary alicyclic amines) is 1. The van der Waals surface area contributed by atoms with E-state index in [2.05, 4.69) is 10.2 Å². The van der Waals surface area contributed by atoms with Gasteiger partial charge in [-0.15, -0.1) is 0 Å². The van der Waals surface area contributed by atoms with E-state index >= 15 is 0 Å². The molecule has 96 valence electrons. The topological polar surface area (TPSA) is 41.6 Å². The fourth-order valence-corrected chi connectivity index (χ4v) is 2.47. The monoisotopic (exact) mass is 246 g/mol. The van der Waals surface area contributed by atoms with Gasteiger partial charge in [0.15, 0.2) is 0 Å². The normalized spacial score (nSPS) is 23.9. The Morgan fingerprint density at radius 2 is 2.00 bits per heavy atom. The average molecular weight is 246 g/mol. The first kappa shape index (κ1) is 11.5. The van der Waals surface area contributed by atoms with Gasteiger partial charge in [-0.1, -0.05) is 18.2 Å². The van der Waals surface area contributed by atoms with Crippen LogP contribution >= 0.6 is 0 Å². The fourth-order valence-electron chi connectivity index (χ4n) is 2.47. The molecule has 0 aromatic heterocycles. The third kappa shape index (κ3) is 2.82. The standard InChI is InChI=1S/C14H18N2O2/c17-14(18-13-4-2-1-3-5-13)15-11-8-9-16(10-11)12-6-7-12/h1-5,11-12H,6-10H2,(H,15,17). The van der Waals surface area contributed by atoms with E-state index in [0.717, 1.165) is 25.6 Å². The molecule has 4 heteroatoms. The Morgan fingerprint density at radius 1 is 1.22 bits per heavy atom. The lowest BCUT2D eigenvalue weighted by atomic mass is 10.3. The fraction of sp³-hybridized carbons (Fsp3) is 0.500. The van der Waals surface area contributed by atoms with Crippen LogP contribution in [0.1, 0.15) is 19.3 Å². The third-order valence-electron chi connectivity index (χ3n) is 3.56. The molecule has 1 saturated carbocycles. The zero-order valence-electron chi connectivity index (χ0n) is 10.3. The zero-order chi connectivity index (χ0) is 12.4. The van der Waals surface area contributed by atoms with Crippen LogP contribution in [-0.4, -0.2) is 36.2 Å². The van der Waals surface area contributed by atoms with E-state index in [-0.39, 0.29) is 12.1 Å². The van der Waals surface area contributed by atoms with E-state index in [0.29, 0.717) is 5.75 Å². The number of rotatable bonds is 3. The van der Waals surface area contributed by atoms with E-state index in [9.17, 15) is 4.79 Å². The molecule has 1 saturated heterocycles. The van der Waals surface area contributed by atoms with Crippen molar-refractivity contribution in [3.8, 4) is 5.75 Å². The van der Waals surface area contributed by atoms with Crippen LogP contribution in [0.4, 0.5) is 4.79 Å². The summed E-state index contributed by atoms with van der Waals surface area (Å²) in [6.45, 7) is 2.06. The largest absolute Gasteiger partial charge is 0.412 e. The minimum atomic E-state index is -0.344. The van der Waals surface area contributed by atoms with Crippen LogP contribution in [0, 0.1) is 0 Å². The summed E-state index contributed by atoms with van der Waals surface area (Å²) >= 11 is 0. The first-order valence-corrected chi connectivity index (χ1v) is 6.59. The first-order valence-electron chi connectivity index (χ1n) is 6.59. The van der Waals surface area contributed by atoms with Gasteiger partial charge in [0.2, 0.25) is 0 Å². The molecule has 0 radical (unpaired) electrons. The van der Waals surface area contributed by atoms with Gasteiger partial charge in [0, 0.05) is 25.2 Å². The maximum atomic E-state index is 11.7. The minimum absolute atomic E-state index is 0.238. The summed E-state index contributed by atoms with van der Waals surface area (Å²) in [4.78, 5) is 14.2. The van der Waals surface area contributed by atoms with Gasteiger partial charge in [-0.2, -0.15) is 0 Å². The van der Waals surface area contributed by atoms with E-state index in [4.69, 9.17) is 4.74 Å². The van der Waals surface area contributed by atoms with E-state index < -0.39 is 0 Å². The Kier molecular flexibility index (Phi) is 3.19. The number of nitrogens with zero attached hydrogens (tertiary/aromatic N) is 1. The summed E-state index contributed by atoms with van der Waals surface area (Å²) in [6.07, 6.45) is 3.33. The summed E-state index contributed by atoms with van der Waals surface area (Å²) in [7, 11) is 0. The van der Waals surface area contributed by atoms with Gasteiger partial charge in [-0.05, 0) is 31.4 Å². The molecule has 1 unspecified atom stereocenters. The van der Waals surface area contributed by atoms with Crippen molar-refractivity contribution in [3.63, 3.8) is 0 Å². The SMILES string of the molecule is O=C(NC1CCN(C2CC2)C1)Oc1ccccc1. The van der Waals surface area contributed by atoms with Crippen LogP contribution in [-0.2, 0) is 0 Å². The molecule has 1 aliphatic heterocycles. The number of carbonyl (C=O) groups excluding carboxylic acids is 1. The molecule has 1 aromatic carbocycles. The second-order valence-corrected chi connectivity index (χ2v) is 5.06. The van der Waals surface area contributed by atoms with Crippen molar-refractivity contribution in [2.45, 2.75) is 31.3 Å². The van der Waals surface area contributed by atoms with E-state index in [1.54, 1.807) is 12.1 Å². The number of amides is 1. The van der Waals surface area contributed by atoms with Gasteiger partial charge in [0.05, 0.1) is 0 Å². The number of para-hydroxylation sites is 1. The van der Waals surface area contributed by atoms with Crippen LogP contribution in [0.25, 0.3) is 0 Å². The van der Waals surface area contributed by atoms with Crippen molar-refractivity contribution < 1.29 is 9.53 Å². The van der Waals surface area contributed by atoms with Gasteiger partial charge in [-0.25, -0.2) is 4.79 Å². The highest BCUT2D eigenvalue weighted by Gasteiger charge is 2.34. The first-order chi connectivity index (χ1) is 8.81. The lowest BCUT2D eigenvalue weighted by Gasteiger charge is -2.15. The third-order valence-corrected chi connectivity index (χ3v) is 3.56. The highest BCUT2D eigenvalue weighted by molar-refractivity contribution is 5.70. The summed E-state index contributed by atoms with van der Waals surface area (Å²) in [6, 6.07) is 10.2. The van der Waals surface area contributed by atoms with Gasteiger partial charge in [0.25, 0.3) is 0 Å². The van der Waals surface area contributed by atoms with Crippen LogP contribution in [0.2, 0.25) is 0 Å². The predicted octanol–water partition coefficient (Wildman–Crippen LogP) is 2.01. The Hall–Kier alpha value is -1.55. The Morgan fingerprint density at radius 3 is 2.72 bits per heavy atom. The Bertz CT molecular complexity index is 417. The summed E-state index contributed by atoms with van der Waals surface area (Å²) in [5, 5.41) is 2.94. The maximum Gasteiger partial charge on any atom is 0.412 e. The molecule has 1 heterocycles. The van der Waals surface area contributed by atoms with Gasteiger partial charge in [-0.3, -0.25) is 4.90 Å². The predicted molar refractivity (Wildman–Crippen MR) is 68.6 cm³/mol. The van der Waals surface area contributed by atoms with Gasteiger partial charge in [0.1, 0.15) is 5.75 Å². The zero-order valence-corrected chi connectivity index (χ0v) is 10.3. The van der Waals surface area contributed by atoms with Crippen molar-refractivity contribution in [2.75, 3.05) is 13.1 Å². The lowest BCUT2D eigenvalue weighted by Crippen LogP contribution is -2.39. The summed E-state index contributed by atoms with van der Waals surface area (Å²) in [5.41, 5.74) is 0. The van der Waals surface area contributed by atoms with Crippen molar-refractivity contribution in [1.82, 2.24) is 10.2 Å². The molecule has 0 bridgehead atoms. The highest BCUT2D eigenvalue weighted by atomic mass is 16.6. The molecule has 1 aromatic rings. The Labute approximate surface area is 107 Å². The molecule has 1 atom stereocenters. The van der Waals surface area contributed by atoms with Crippen LogP contribution in [0.15, 0.2) is 30.3 Å². The number of benzene rings is 1. The second-order valence-electron chi connectivity index (χ2n) is 5.06. The molecule has 1 amide bonds. The molecule has 1 N–H and O–H groups in total. The van der Waals surface area contributed by atoms with Crippen LogP contribution < -0.4 is 10.1 Å². The van der Waals surface area contributed by atoms with Crippen molar-refractivity contribution >= 4 is 6.09 Å². The molecule has 3 rings (SSSR count). The van der Waals surface area contributed by atoms with Crippen LogP contribution in [0.3, 0.4) is 0 Å². The molecular weight excluding hydrogens is 228 g/mol. The number of carbonyl (C=O) groups is 1. The number of ether oxygens (including phenoxy) is 1. The average Bonchev–Trinajstić information content (AvgIpc) is 3.12. The quantitative estimate of drug-likeness (QED) is 0.887. The van der Waals surface area contributed by atoms with Gasteiger partial charge >= 0.3 is 6.09 Å². The van der Waals surface area contributed by atoms with Crippen molar-refractivity contribution in [1.29, 1.82) is 0 Å². The van der Waals surface area contributed by atoms with Crippen molar-refractivity contribution in [3.05, 3.63) is 30.3 Å². The second kappa shape index (κ2) is 4.98. The minimum Gasteiger partial charge on any atom is -0.410 e. The maximum absolute atomic E-state index is 11.7. The molecule has 1 aliphatic carbocycles. The number of nitrogens with one attached hydrogen (secondary N) is 1. The molecule has 0 spiro atoms. The molecule has 18 heavy (non-hydrogen) atoms. The number of hydrogen-bond acceptors (Lipinski definition) is 3. The summed E-state index contributed by atoms with van der Waals surface area (Å²) in [5.74, 6) is 0.590. The van der Waals surface area contributed by atoms with Gasteiger partial charge < -0.3 is 10.1 Å². The highest BCUT2D eigenvalue weighted by Crippen LogP contribution is 2.29. The smallest absolute Gasteiger partial charge is 0.410 e. The molecule has 4 nitrogen and oxygen atoms in total. The molecule has 2 aliphatic rings. The van der Waals surface area contributed by atoms with E-state index in [1.165, 1.54) is 12.8 Å². The molecule has 2 fully saturated rings. The number of hydrogen-bond donors (Lipinski definition) is 1. The van der Waals surface area contributed by atoms with E-state index in [1.807, 2.05) is 18.2 Å². The molecular formula is C14H18N2O2.